The summed E-state index contributed by atoms with van der Waals surface area (Å²) in [7, 11) is -3.36. The lowest BCUT2D eigenvalue weighted by atomic mass is 10.0. The SMILES string of the molecule is CC(C)Cc1ccc(S(=O)(=O)N2CCC3CCC(C2)N3)cc1. The topological polar surface area (TPSA) is 49.4 Å². The van der Waals surface area contributed by atoms with Crippen molar-refractivity contribution >= 4 is 10.0 Å². The van der Waals surface area contributed by atoms with Crippen molar-refractivity contribution in [3.8, 4) is 0 Å². The Labute approximate surface area is 134 Å². The van der Waals surface area contributed by atoms with Crippen LogP contribution in [0.4, 0.5) is 0 Å². The second-order valence-corrected chi connectivity index (χ2v) is 8.97. The minimum atomic E-state index is -3.36. The minimum Gasteiger partial charge on any atom is -0.310 e. The van der Waals surface area contributed by atoms with Crippen molar-refractivity contribution in [2.75, 3.05) is 13.1 Å². The molecule has 122 valence electrons. The van der Waals surface area contributed by atoms with Gasteiger partial charge < -0.3 is 5.32 Å². The average Bonchev–Trinajstić information content (AvgIpc) is 2.77. The quantitative estimate of drug-likeness (QED) is 0.926. The summed E-state index contributed by atoms with van der Waals surface area (Å²) in [5.41, 5.74) is 1.20. The van der Waals surface area contributed by atoms with Gasteiger partial charge in [0.1, 0.15) is 0 Å². The van der Waals surface area contributed by atoms with Crippen LogP contribution in [0.2, 0.25) is 0 Å². The molecule has 2 atom stereocenters. The van der Waals surface area contributed by atoms with Gasteiger partial charge in [-0.2, -0.15) is 4.31 Å². The highest BCUT2D eigenvalue weighted by Crippen LogP contribution is 2.25. The van der Waals surface area contributed by atoms with Gasteiger partial charge in [0.25, 0.3) is 0 Å². The second kappa shape index (κ2) is 6.30. The van der Waals surface area contributed by atoms with E-state index in [1.807, 2.05) is 12.1 Å². The molecule has 1 N–H and O–H groups in total. The van der Waals surface area contributed by atoms with Gasteiger partial charge in [0.15, 0.2) is 0 Å². The third-order valence-corrected chi connectivity index (χ3v) is 6.57. The predicted octanol–water partition coefficient (Wildman–Crippen LogP) is 2.40. The van der Waals surface area contributed by atoms with E-state index in [0.29, 0.717) is 36.0 Å². The number of rotatable bonds is 4. The van der Waals surface area contributed by atoms with E-state index in [9.17, 15) is 8.42 Å². The highest BCUT2D eigenvalue weighted by atomic mass is 32.2. The predicted molar refractivity (Wildman–Crippen MR) is 88.3 cm³/mol. The lowest BCUT2D eigenvalue weighted by Crippen LogP contribution is -2.39. The maximum atomic E-state index is 12.8. The number of hydrogen-bond donors (Lipinski definition) is 1. The van der Waals surface area contributed by atoms with Crippen LogP contribution >= 0.6 is 0 Å². The summed E-state index contributed by atoms with van der Waals surface area (Å²) in [6.07, 6.45) is 4.17. The smallest absolute Gasteiger partial charge is 0.243 e. The van der Waals surface area contributed by atoms with E-state index in [-0.39, 0.29) is 0 Å². The van der Waals surface area contributed by atoms with Gasteiger partial charge in [-0.05, 0) is 49.3 Å². The van der Waals surface area contributed by atoms with Crippen molar-refractivity contribution in [2.24, 2.45) is 5.92 Å². The molecule has 0 radical (unpaired) electrons. The summed E-state index contributed by atoms with van der Waals surface area (Å²) in [5.74, 6) is 0.578. The third kappa shape index (κ3) is 3.36. The van der Waals surface area contributed by atoms with Gasteiger partial charge in [-0.1, -0.05) is 26.0 Å². The van der Waals surface area contributed by atoms with Gasteiger partial charge in [0.05, 0.1) is 4.90 Å². The zero-order chi connectivity index (χ0) is 15.7. The van der Waals surface area contributed by atoms with Crippen molar-refractivity contribution < 1.29 is 8.42 Å². The molecule has 0 aromatic heterocycles. The molecule has 0 saturated carbocycles. The van der Waals surface area contributed by atoms with Gasteiger partial charge in [-0.25, -0.2) is 8.42 Å². The summed E-state index contributed by atoms with van der Waals surface area (Å²) < 4.78 is 27.4. The molecule has 5 heteroatoms. The zero-order valence-corrected chi connectivity index (χ0v) is 14.3. The maximum absolute atomic E-state index is 12.8. The highest BCUT2D eigenvalue weighted by molar-refractivity contribution is 7.89. The molecule has 1 aromatic carbocycles. The zero-order valence-electron chi connectivity index (χ0n) is 13.5. The Bertz CT molecular complexity index is 610. The third-order valence-electron chi connectivity index (χ3n) is 4.69. The van der Waals surface area contributed by atoms with Crippen LogP contribution in [0.25, 0.3) is 0 Å². The normalized spacial score (nSPS) is 26.3. The molecule has 2 aliphatic heterocycles. The monoisotopic (exact) mass is 322 g/mol. The van der Waals surface area contributed by atoms with Gasteiger partial charge in [0, 0.05) is 25.2 Å². The summed E-state index contributed by atoms with van der Waals surface area (Å²) in [6, 6.07) is 8.26. The summed E-state index contributed by atoms with van der Waals surface area (Å²) in [5, 5.41) is 3.53. The van der Waals surface area contributed by atoms with Gasteiger partial charge in [-0.15, -0.1) is 0 Å². The van der Waals surface area contributed by atoms with Crippen LogP contribution in [-0.4, -0.2) is 37.9 Å². The molecule has 2 fully saturated rings. The standard InChI is InChI=1S/C17H26N2O2S/c1-13(2)11-14-3-7-17(8-4-14)22(20,21)19-10-9-15-5-6-16(12-19)18-15/h3-4,7-8,13,15-16,18H,5-6,9-12H2,1-2H3. The molecule has 2 aliphatic rings. The van der Waals surface area contributed by atoms with Crippen LogP contribution in [0.15, 0.2) is 29.2 Å². The Hall–Kier alpha value is -0.910. The van der Waals surface area contributed by atoms with Crippen LogP contribution in [0.5, 0.6) is 0 Å². The Kier molecular flexibility index (Phi) is 4.57. The first-order chi connectivity index (χ1) is 10.4. The number of nitrogens with one attached hydrogen (secondary N) is 1. The first-order valence-corrected chi connectivity index (χ1v) is 9.74. The minimum absolute atomic E-state index is 0.322. The van der Waals surface area contributed by atoms with Crippen LogP contribution in [0.1, 0.15) is 38.7 Å². The maximum Gasteiger partial charge on any atom is 0.243 e. The molecule has 0 aliphatic carbocycles. The number of fused-ring (bicyclic) bond motifs is 2. The molecule has 1 aromatic rings. The van der Waals surface area contributed by atoms with E-state index >= 15 is 0 Å². The molecule has 2 saturated heterocycles. The fourth-order valence-corrected chi connectivity index (χ4v) is 5.05. The summed E-state index contributed by atoms with van der Waals surface area (Å²) in [6.45, 7) is 5.57. The van der Waals surface area contributed by atoms with Crippen LogP contribution in [0, 0.1) is 5.92 Å². The second-order valence-electron chi connectivity index (χ2n) is 7.03. The molecular formula is C17H26N2O2S. The van der Waals surface area contributed by atoms with Crippen LogP contribution < -0.4 is 5.32 Å². The molecule has 2 unspecified atom stereocenters. The average molecular weight is 322 g/mol. The van der Waals surface area contributed by atoms with E-state index in [1.165, 1.54) is 12.0 Å². The number of sulfonamides is 1. The number of hydrogen-bond acceptors (Lipinski definition) is 3. The fourth-order valence-electron chi connectivity index (χ4n) is 3.55. The first kappa shape index (κ1) is 16.0. The van der Waals surface area contributed by atoms with Gasteiger partial charge in [-0.3, -0.25) is 0 Å². The molecule has 2 heterocycles. The van der Waals surface area contributed by atoms with Crippen molar-refractivity contribution in [1.82, 2.24) is 9.62 Å². The fraction of sp³-hybridized carbons (Fsp3) is 0.647. The van der Waals surface area contributed by atoms with Crippen molar-refractivity contribution in [1.29, 1.82) is 0 Å². The molecule has 3 rings (SSSR count). The van der Waals surface area contributed by atoms with E-state index in [1.54, 1.807) is 16.4 Å². The Balaban J connectivity index is 1.77. The molecule has 0 amide bonds. The largest absolute Gasteiger partial charge is 0.310 e. The molecule has 2 bridgehead atoms. The number of benzene rings is 1. The van der Waals surface area contributed by atoms with Crippen LogP contribution in [-0.2, 0) is 16.4 Å². The van der Waals surface area contributed by atoms with Crippen molar-refractivity contribution in [3.05, 3.63) is 29.8 Å². The molecule has 22 heavy (non-hydrogen) atoms. The van der Waals surface area contributed by atoms with Crippen molar-refractivity contribution in [3.63, 3.8) is 0 Å². The van der Waals surface area contributed by atoms with E-state index in [0.717, 1.165) is 19.3 Å². The Morgan fingerprint density at radius 3 is 2.50 bits per heavy atom. The molecular weight excluding hydrogens is 296 g/mol. The van der Waals surface area contributed by atoms with E-state index in [2.05, 4.69) is 19.2 Å². The van der Waals surface area contributed by atoms with E-state index < -0.39 is 10.0 Å². The van der Waals surface area contributed by atoms with Crippen molar-refractivity contribution in [2.45, 2.75) is 56.5 Å². The Morgan fingerprint density at radius 1 is 1.14 bits per heavy atom. The lowest BCUT2D eigenvalue weighted by molar-refractivity contribution is 0.383. The van der Waals surface area contributed by atoms with Gasteiger partial charge in [0.2, 0.25) is 10.0 Å². The highest BCUT2D eigenvalue weighted by Gasteiger charge is 2.34. The molecule has 0 spiro atoms. The molecule has 4 nitrogen and oxygen atoms in total. The Morgan fingerprint density at radius 2 is 1.82 bits per heavy atom. The summed E-state index contributed by atoms with van der Waals surface area (Å²) >= 11 is 0. The lowest BCUT2D eigenvalue weighted by Gasteiger charge is -2.23. The van der Waals surface area contributed by atoms with Gasteiger partial charge >= 0.3 is 0 Å². The van der Waals surface area contributed by atoms with Crippen LogP contribution in [0.3, 0.4) is 0 Å². The summed E-state index contributed by atoms with van der Waals surface area (Å²) in [4.78, 5) is 0.428. The van der Waals surface area contributed by atoms with E-state index in [4.69, 9.17) is 0 Å². The number of nitrogens with zero attached hydrogens (tertiary/aromatic N) is 1. The first-order valence-electron chi connectivity index (χ1n) is 8.30.